The molecular weight excluding hydrogens is 320 g/mol. The number of ether oxygens (including phenoxy) is 1. The van der Waals surface area contributed by atoms with E-state index in [2.05, 4.69) is 5.32 Å². The Balaban J connectivity index is 1.54. The van der Waals surface area contributed by atoms with Gasteiger partial charge in [-0.1, -0.05) is 18.2 Å². The molecular formula is C19H20N2O4. The maximum absolute atomic E-state index is 12.0. The lowest BCUT2D eigenvalue weighted by Crippen LogP contribution is -2.23. The Hall–Kier alpha value is -3.02. The van der Waals surface area contributed by atoms with Gasteiger partial charge in [0, 0.05) is 20.0 Å². The first kappa shape index (κ1) is 16.8. The second-order valence-electron chi connectivity index (χ2n) is 5.85. The molecule has 2 aromatic carbocycles. The van der Waals surface area contributed by atoms with E-state index in [0.29, 0.717) is 25.0 Å². The largest absolute Gasteiger partial charge is 0.497 e. The van der Waals surface area contributed by atoms with Crippen LogP contribution in [0, 0.1) is 0 Å². The minimum atomic E-state index is -0.393. The molecule has 0 saturated heterocycles. The highest BCUT2D eigenvalue weighted by Gasteiger charge is 2.07. The second kappa shape index (κ2) is 7.25. The molecule has 0 aliphatic carbocycles. The standard InChI is InChI=1S/C19H20N2O4/c1-21-16-11-14(5-9-17(16)25-19(21)23)12-20-18(22)10-6-13-3-7-15(24-2)8-4-13/h3-5,7-9,11H,6,10,12H2,1-2H3,(H,20,22). The summed E-state index contributed by atoms with van der Waals surface area (Å²) in [7, 11) is 3.28. The highest BCUT2D eigenvalue weighted by molar-refractivity contribution is 5.77. The molecule has 0 saturated carbocycles. The number of fused-ring (bicyclic) bond motifs is 1. The molecule has 6 heteroatoms. The Bertz CT molecular complexity index is 938. The Labute approximate surface area is 145 Å². The smallest absolute Gasteiger partial charge is 0.419 e. The third-order valence-corrected chi connectivity index (χ3v) is 4.15. The first-order chi connectivity index (χ1) is 12.1. The Morgan fingerprint density at radius 3 is 2.60 bits per heavy atom. The zero-order valence-electron chi connectivity index (χ0n) is 14.2. The molecule has 25 heavy (non-hydrogen) atoms. The number of methoxy groups -OCH3 is 1. The van der Waals surface area contributed by atoms with E-state index >= 15 is 0 Å². The number of aromatic nitrogens is 1. The van der Waals surface area contributed by atoms with E-state index in [4.69, 9.17) is 9.15 Å². The number of benzene rings is 2. The summed E-state index contributed by atoms with van der Waals surface area (Å²) in [6.07, 6.45) is 1.09. The Morgan fingerprint density at radius 2 is 1.88 bits per heavy atom. The SMILES string of the molecule is COc1ccc(CCC(=O)NCc2ccc3oc(=O)n(C)c3c2)cc1. The third kappa shape index (κ3) is 3.91. The first-order valence-electron chi connectivity index (χ1n) is 8.05. The number of oxazole rings is 1. The van der Waals surface area contributed by atoms with Gasteiger partial charge in [-0.25, -0.2) is 4.79 Å². The third-order valence-electron chi connectivity index (χ3n) is 4.15. The fourth-order valence-corrected chi connectivity index (χ4v) is 2.62. The number of nitrogens with one attached hydrogen (secondary N) is 1. The van der Waals surface area contributed by atoms with E-state index in [-0.39, 0.29) is 5.91 Å². The van der Waals surface area contributed by atoms with E-state index in [0.717, 1.165) is 22.4 Å². The van der Waals surface area contributed by atoms with Gasteiger partial charge >= 0.3 is 5.76 Å². The van der Waals surface area contributed by atoms with Gasteiger partial charge in [0.2, 0.25) is 5.91 Å². The van der Waals surface area contributed by atoms with Gasteiger partial charge in [0.15, 0.2) is 5.58 Å². The van der Waals surface area contributed by atoms with Crippen LogP contribution in [0.5, 0.6) is 5.75 Å². The zero-order chi connectivity index (χ0) is 17.8. The monoisotopic (exact) mass is 340 g/mol. The lowest BCUT2D eigenvalue weighted by molar-refractivity contribution is -0.121. The van der Waals surface area contributed by atoms with Crippen LogP contribution in [0.2, 0.25) is 0 Å². The first-order valence-corrected chi connectivity index (χ1v) is 8.05. The van der Waals surface area contributed by atoms with Crippen molar-refractivity contribution in [2.75, 3.05) is 7.11 Å². The van der Waals surface area contributed by atoms with Crippen LogP contribution in [0.4, 0.5) is 0 Å². The van der Waals surface area contributed by atoms with Gasteiger partial charge in [-0.2, -0.15) is 0 Å². The molecule has 0 atom stereocenters. The molecule has 0 aliphatic rings. The molecule has 0 fully saturated rings. The fourth-order valence-electron chi connectivity index (χ4n) is 2.62. The van der Waals surface area contributed by atoms with Gasteiger partial charge in [-0.05, 0) is 41.8 Å². The molecule has 1 aromatic heterocycles. The van der Waals surface area contributed by atoms with Crippen molar-refractivity contribution in [2.45, 2.75) is 19.4 Å². The van der Waals surface area contributed by atoms with Crippen molar-refractivity contribution in [1.82, 2.24) is 9.88 Å². The normalized spacial score (nSPS) is 10.8. The topological polar surface area (TPSA) is 73.5 Å². The lowest BCUT2D eigenvalue weighted by atomic mass is 10.1. The summed E-state index contributed by atoms with van der Waals surface area (Å²) in [5.41, 5.74) is 3.27. The highest BCUT2D eigenvalue weighted by Crippen LogP contribution is 2.15. The van der Waals surface area contributed by atoms with E-state index in [1.807, 2.05) is 36.4 Å². The molecule has 0 spiro atoms. The maximum Gasteiger partial charge on any atom is 0.419 e. The summed E-state index contributed by atoms with van der Waals surface area (Å²) >= 11 is 0. The van der Waals surface area contributed by atoms with Gasteiger partial charge < -0.3 is 14.5 Å². The van der Waals surface area contributed by atoms with Gasteiger partial charge in [-0.15, -0.1) is 0 Å². The van der Waals surface area contributed by atoms with Crippen molar-refractivity contribution >= 4 is 17.0 Å². The lowest BCUT2D eigenvalue weighted by Gasteiger charge is -2.06. The number of hydrogen-bond donors (Lipinski definition) is 1. The van der Waals surface area contributed by atoms with Crippen LogP contribution in [0.15, 0.2) is 51.7 Å². The van der Waals surface area contributed by atoms with Crippen molar-refractivity contribution in [2.24, 2.45) is 7.05 Å². The molecule has 1 heterocycles. The van der Waals surface area contributed by atoms with Gasteiger partial charge in [0.25, 0.3) is 0 Å². The van der Waals surface area contributed by atoms with Crippen molar-refractivity contribution in [1.29, 1.82) is 0 Å². The van der Waals surface area contributed by atoms with Crippen LogP contribution in [0.3, 0.4) is 0 Å². The average molecular weight is 340 g/mol. The van der Waals surface area contributed by atoms with Crippen LogP contribution in [0.25, 0.3) is 11.1 Å². The zero-order valence-corrected chi connectivity index (χ0v) is 14.2. The van der Waals surface area contributed by atoms with Crippen LogP contribution in [-0.4, -0.2) is 17.6 Å². The van der Waals surface area contributed by atoms with E-state index < -0.39 is 5.76 Å². The summed E-state index contributed by atoms with van der Waals surface area (Å²) in [5.74, 6) is 0.393. The van der Waals surface area contributed by atoms with E-state index in [1.54, 1.807) is 20.2 Å². The fraction of sp³-hybridized carbons (Fsp3) is 0.263. The molecule has 1 N–H and O–H groups in total. The summed E-state index contributed by atoms with van der Waals surface area (Å²) < 4.78 is 11.7. The van der Waals surface area contributed by atoms with Crippen molar-refractivity contribution in [3.8, 4) is 5.75 Å². The number of nitrogens with zero attached hydrogens (tertiary/aromatic N) is 1. The molecule has 0 radical (unpaired) electrons. The minimum Gasteiger partial charge on any atom is -0.497 e. The second-order valence-corrected chi connectivity index (χ2v) is 5.85. The highest BCUT2D eigenvalue weighted by atomic mass is 16.5. The van der Waals surface area contributed by atoms with Crippen molar-refractivity contribution in [3.63, 3.8) is 0 Å². The summed E-state index contributed by atoms with van der Waals surface area (Å²) in [6.45, 7) is 0.413. The number of carbonyl (C=O) groups is 1. The maximum atomic E-state index is 12.0. The molecule has 1 amide bonds. The predicted molar refractivity (Wildman–Crippen MR) is 94.6 cm³/mol. The number of amides is 1. The van der Waals surface area contributed by atoms with Gasteiger partial charge in [0.05, 0.1) is 12.6 Å². The number of aryl methyl sites for hydroxylation is 2. The van der Waals surface area contributed by atoms with E-state index in [1.165, 1.54) is 4.57 Å². The number of rotatable bonds is 6. The van der Waals surface area contributed by atoms with Crippen molar-refractivity contribution < 1.29 is 13.9 Å². The Morgan fingerprint density at radius 1 is 1.16 bits per heavy atom. The molecule has 0 aliphatic heterocycles. The quantitative estimate of drug-likeness (QED) is 0.748. The van der Waals surface area contributed by atoms with Gasteiger partial charge in [0.1, 0.15) is 5.75 Å². The molecule has 6 nitrogen and oxygen atoms in total. The number of hydrogen-bond acceptors (Lipinski definition) is 4. The van der Waals surface area contributed by atoms with Gasteiger partial charge in [-0.3, -0.25) is 9.36 Å². The predicted octanol–water partition coefficient (Wildman–Crippen LogP) is 2.39. The van der Waals surface area contributed by atoms with E-state index in [9.17, 15) is 9.59 Å². The minimum absolute atomic E-state index is 0.0167. The van der Waals surface area contributed by atoms with Crippen LogP contribution < -0.4 is 15.8 Å². The molecule has 3 aromatic rings. The summed E-state index contributed by atoms with van der Waals surface area (Å²) in [5, 5.41) is 2.90. The van der Waals surface area contributed by atoms with Crippen molar-refractivity contribution in [3.05, 3.63) is 64.1 Å². The average Bonchev–Trinajstić information content (AvgIpc) is 2.92. The molecule has 0 unspecified atom stereocenters. The van der Waals surface area contributed by atoms with Crippen LogP contribution in [0.1, 0.15) is 17.5 Å². The summed E-state index contributed by atoms with van der Waals surface area (Å²) in [4.78, 5) is 23.5. The van der Waals surface area contributed by atoms with Crippen LogP contribution in [-0.2, 0) is 24.8 Å². The Kier molecular flexibility index (Phi) is 4.88. The molecule has 130 valence electrons. The van der Waals surface area contributed by atoms with Crippen LogP contribution >= 0.6 is 0 Å². The number of carbonyl (C=O) groups excluding carboxylic acids is 1. The molecule has 3 rings (SSSR count). The summed E-state index contributed by atoms with van der Waals surface area (Å²) in [6, 6.07) is 13.1. The molecule has 0 bridgehead atoms.